The lowest BCUT2D eigenvalue weighted by Gasteiger charge is -2.24. The van der Waals surface area contributed by atoms with Crippen molar-refractivity contribution in [1.29, 1.82) is 0 Å². The molecule has 0 N–H and O–H groups in total. The normalized spacial score (nSPS) is 25.8. The minimum absolute atomic E-state index is 0.0290. The summed E-state index contributed by atoms with van der Waals surface area (Å²) >= 11 is 1.46. The van der Waals surface area contributed by atoms with Crippen molar-refractivity contribution < 1.29 is 13.2 Å². The quantitative estimate of drug-likeness (QED) is 0.768. The van der Waals surface area contributed by atoms with E-state index in [4.69, 9.17) is 0 Å². The number of carbonyl (C=O) groups is 1. The summed E-state index contributed by atoms with van der Waals surface area (Å²) < 4.78 is 24.1. The molecule has 0 radical (unpaired) electrons. The predicted molar refractivity (Wildman–Crippen MR) is 107 cm³/mol. The second kappa shape index (κ2) is 7.72. The molecule has 3 rings (SSSR count). The Balaban J connectivity index is 1.88. The predicted octanol–water partition coefficient (Wildman–Crippen LogP) is 3.03. The second-order valence-electron chi connectivity index (χ2n) is 7.16. The van der Waals surface area contributed by atoms with Crippen LogP contribution in [0.4, 0.5) is 0 Å². The number of thioether (sulfide) groups is 1. The summed E-state index contributed by atoms with van der Waals surface area (Å²) in [4.78, 5) is 19.0. The summed E-state index contributed by atoms with van der Waals surface area (Å²) in [6.07, 6.45) is 1.55. The number of aryl methyl sites for hydroxylation is 1. The van der Waals surface area contributed by atoms with Crippen molar-refractivity contribution in [3.63, 3.8) is 0 Å². The number of nitrogens with zero attached hydrogens (tertiary/aromatic N) is 2. The zero-order valence-electron chi connectivity index (χ0n) is 15.5. The van der Waals surface area contributed by atoms with E-state index in [1.807, 2.05) is 37.8 Å². The largest absolute Gasteiger partial charge is 0.342 e. The number of amides is 1. The standard InChI is InChI=1S/C19H26N2O3S2/c1-4-15(5-2)18(22)20-19-21(10-14-8-6-13(3)7-9-14)16-11-26(23,24)12-17(16)25-19/h6-9,15-17H,4-5,10-12H2,1-3H3/t16-,17+/m1/s1. The van der Waals surface area contributed by atoms with E-state index in [2.05, 4.69) is 17.1 Å². The highest BCUT2D eigenvalue weighted by atomic mass is 32.2. The molecule has 2 aliphatic rings. The van der Waals surface area contributed by atoms with E-state index in [0.717, 1.165) is 18.4 Å². The van der Waals surface area contributed by atoms with Crippen molar-refractivity contribution in [2.24, 2.45) is 10.9 Å². The third-order valence-electron chi connectivity index (χ3n) is 5.19. The smallest absolute Gasteiger partial charge is 0.251 e. The van der Waals surface area contributed by atoms with Gasteiger partial charge in [-0.1, -0.05) is 55.4 Å². The van der Waals surface area contributed by atoms with Crippen molar-refractivity contribution in [2.75, 3.05) is 11.5 Å². The zero-order valence-corrected chi connectivity index (χ0v) is 17.1. The van der Waals surface area contributed by atoms with E-state index >= 15 is 0 Å². The first-order valence-corrected chi connectivity index (χ1v) is 11.8. The number of rotatable bonds is 5. The van der Waals surface area contributed by atoms with Crippen LogP contribution in [0.15, 0.2) is 29.3 Å². The van der Waals surface area contributed by atoms with Gasteiger partial charge in [-0.2, -0.15) is 4.99 Å². The van der Waals surface area contributed by atoms with Gasteiger partial charge in [0.05, 0.1) is 17.5 Å². The first kappa shape index (κ1) is 19.4. The average Bonchev–Trinajstić information content (AvgIpc) is 3.03. The molecule has 2 heterocycles. The number of aliphatic imine (C=N–C) groups is 1. The molecule has 2 saturated heterocycles. The molecule has 0 saturated carbocycles. The maximum absolute atomic E-state index is 12.5. The highest BCUT2D eigenvalue weighted by Gasteiger charge is 2.48. The lowest BCUT2D eigenvalue weighted by molar-refractivity contribution is -0.121. The van der Waals surface area contributed by atoms with Crippen molar-refractivity contribution in [2.45, 2.75) is 51.4 Å². The molecule has 2 atom stereocenters. The van der Waals surface area contributed by atoms with Crippen molar-refractivity contribution in [1.82, 2.24) is 4.90 Å². The topological polar surface area (TPSA) is 66.8 Å². The molecule has 2 aliphatic heterocycles. The van der Waals surface area contributed by atoms with Gasteiger partial charge < -0.3 is 4.90 Å². The third kappa shape index (κ3) is 4.14. The Morgan fingerprint density at radius 3 is 2.50 bits per heavy atom. The van der Waals surface area contributed by atoms with Crippen LogP contribution in [0, 0.1) is 12.8 Å². The molecule has 0 aromatic heterocycles. The molecule has 0 spiro atoms. The number of hydrogen-bond acceptors (Lipinski definition) is 4. The van der Waals surface area contributed by atoms with Gasteiger partial charge in [0.2, 0.25) is 0 Å². The van der Waals surface area contributed by atoms with Crippen LogP contribution in [0.2, 0.25) is 0 Å². The molecule has 26 heavy (non-hydrogen) atoms. The van der Waals surface area contributed by atoms with E-state index in [1.54, 1.807) is 0 Å². The lowest BCUT2D eigenvalue weighted by Crippen LogP contribution is -2.37. The number of amidine groups is 1. The van der Waals surface area contributed by atoms with Gasteiger partial charge in [0.1, 0.15) is 0 Å². The highest BCUT2D eigenvalue weighted by molar-refractivity contribution is 8.15. The fourth-order valence-electron chi connectivity index (χ4n) is 3.53. The Morgan fingerprint density at radius 2 is 1.88 bits per heavy atom. The van der Waals surface area contributed by atoms with Crippen LogP contribution in [-0.4, -0.2) is 47.2 Å². The molecular weight excluding hydrogens is 368 g/mol. The summed E-state index contributed by atoms with van der Waals surface area (Å²) in [7, 11) is -3.02. The Morgan fingerprint density at radius 1 is 1.23 bits per heavy atom. The minimum atomic E-state index is -3.02. The molecule has 0 bridgehead atoms. The first-order chi connectivity index (χ1) is 12.3. The van der Waals surface area contributed by atoms with E-state index in [-0.39, 0.29) is 34.6 Å². The SMILES string of the molecule is CCC(CC)C(=O)N=C1S[C@H]2CS(=O)(=O)C[C@H]2N1Cc1ccc(C)cc1. The molecule has 1 aromatic carbocycles. The van der Waals surface area contributed by atoms with Gasteiger partial charge in [0, 0.05) is 17.7 Å². The Bertz CT molecular complexity index is 799. The Labute approximate surface area is 160 Å². The average molecular weight is 395 g/mol. The molecule has 5 nitrogen and oxygen atoms in total. The van der Waals surface area contributed by atoms with Crippen LogP contribution < -0.4 is 0 Å². The maximum atomic E-state index is 12.5. The molecule has 0 aliphatic carbocycles. The zero-order chi connectivity index (χ0) is 18.9. The van der Waals surface area contributed by atoms with Crippen LogP contribution in [0.3, 0.4) is 0 Å². The van der Waals surface area contributed by atoms with Gasteiger partial charge in [0.15, 0.2) is 15.0 Å². The Hall–Kier alpha value is -1.34. The van der Waals surface area contributed by atoms with Gasteiger partial charge >= 0.3 is 0 Å². The molecule has 7 heteroatoms. The van der Waals surface area contributed by atoms with Crippen LogP contribution in [-0.2, 0) is 21.2 Å². The number of sulfone groups is 1. The maximum Gasteiger partial charge on any atom is 0.251 e. The first-order valence-electron chi connectivity index (χ1n) is 9.14. The third-order valence-corrected chi connectivity index (χ3v) is 8.44. The second-order valence-corrected chi connectivity index (χ2v) is 10.5. The van der Waals surface area contributed by atoms with E-state index < -0.39 is 9.84 Å². The van der Waals surface area contributed by atoms with E-state index in [1.165, 1.54) is 17.3 Å². The molecule has 1 amide bonds. The van der Waals surface area contributed by atoms with Crippen LogP contribution in [0.5, 0.6) is 0 Å². The van der Waals surface area contributed by atoms with Gasteiger partial charge in [-0.05, 0) is 25.3 Å². The van der Waals surface area contributed by atoms with Gasteiger partial charge in [-0.15, -0.1) is 0 Å². The van der Waals surface area contributed by atoms with Crippen molar-refractivity contribution in [3.05, 3.63) is 35.4 Å². The highest BCUT2D eigenvalue weighted by Crippen LogP contribution is 2.39. The van der Waals surface area contributed by atoms with Crippen molar-refractivity contribution in [3.8, 4) is 0 Å². The number of carbonyl (C=O) groups excluding carboxylic acids is 1. The summed E-state index contributed by atoms with van der Waals surface area (Å²) in [6, 6.07) is 8.11. The monoisotopic (exact) mass is 394 g/mol. The van der Waals surface area contributed by atoms with Crippen LogP contribution in [0.1, 0.15) is 37.8 Å². The molecule has 142 valence electrons. The van der Waals surface area contributed by atoms with Gasteiger partial charge in [-0.3, -0.25) is 4.79 Å². The summed E-state index contributed by atoms with van der Waals surface area (Å²) in [6.45, 7) is 6.62. The number of fused-ring (bicyclic) bond motifs is 1. The van der Waals surface area contributed by atoms with Crippen LogP contribution in [0.25, 0.3) is 0 Å². The van der Waals surface area contributed by atoms with Crippen molar-refractivity contribution >= 4 is 32.7 Å². The summed E-state index contributed by atoms with van der Waals surface area (Å²) in [5.74, 6) is 0.169. The van der Waals surface area contributed by atoms with Gasteiger partial charge in [0.25, 0.3) is 5.91 Å². The molecule has 1 aromatic rings. The van der Waals surface area contributed by atoms with Crippen LogP contribution >= 0.6 is 11.8 Å². The number of hydrogen-bond donors (Lipinski definition) is 0. The molecular formula is C19H26N2O3S2. The summed E-state index contributed by atoms with van der Waals surface area (Å²) in [5, 5.41) is 0.658. The van der Waals surface area contributed by atoms with E-state index in [0.29, 0.717) is 11.7 Å². The van der Waals surface area contributed by atoms with E-state index in [9.17, 15) is 13.2 Å². The number of benzene rings is 1. The minimum Gasteiger partial charge on any atom is -0.342 e. The Kier molecular flexibility index (Phi) is 5.77. The summed E-state index contributed by atoms with van der Waals surface area (Å²) in [5.41, 5.74) is 2.28. The molecule has 2 fully saturated rings. The van der Waals surface area contributed by atoms with Gasteiger partial charge in [-0.25, -0.2) is 8.42 Å². The lowest BCUT2D eigenvalue weighted by atomic mass is 10.0. The fourth-order valence-corrected chi connectivity index (χ4v) is 7.49. The fraction of sp³-hybridized carbons (Fsp3) is 0.579. The molecule has 0 unspecified atom stereocenters.